The van der Waals surface area contributed by atoms with Gasteiger partial charge in [0.25, 0.3) is 25.8 Å². The van der Waals surface area contributed by atoms with Crippen molar-refractivity contribution in [2.24, 2.45) is 5.92 Å². The Hall–Kier alpha value is -4.66. The third kappa shape index (κ3) is 13.2. The maximum Gasteiger partial charge on any atom is 0.501 e. The summed E-state index contributed by atoms with van der Waals surface area (Å²) in [6.45, 7) is 10.1. The van der Waals surface area contributed by atoms with Crippen molar-refractivity contribution in [1.29, 1.82) is 0 Å². The number of halogens is 4. The SMILES string of the molecule is CCN(CC)CC1COCCN1CCC(CSc1ccccc1)Nc1ccc(S(=O)(=O)NC(=O)c2ccc(N3CCC([C@@H](O)c4ccccc4-c4ccc(Cl)cc4)CC3)cc2)cc1S(=O)(=O)C(F)(F)F. The highest BCUT2D eigenvalue weighted by Crippen LogP contribution is 2.39. The standard InChI is InChI=1S/C51H59ClF3N5O7S3/c1-3-58(4-2)33-42-34-67-31-30-60(42)29-26-40(35-68-43-10-6-5-7-11-43)56-47-23-22-44(32-48(47)69(63,64)51(53,54)55)70(65,66)57-50(62)38-16-20-41(21-17-38)59-27-24-37(25-28-59)49(61)46-13-9-8-12-45(46)36-14-18-39(52)19-15-36/h5-23,32,37,40,42,49,56,61H,3-4,24-31,33-35H2,1-2H3,(H,57,62)/t40?,42?,49-/m1/s1. The molecule has 0 aromatic heterocycles. The van der Waals surface area contributed by atoms with E-state index >= 15 is 0 Å². The van der Waals surface area contributed by atoms with E-state index in [0.717, 1.165) is 59.0 Å². The van der Waals surface area contributed by atoms with E-state index in [1.165, 1.54) is 23.9 Å². The molecule has 0 spiro atoms. The molecule has 0 bridgehead atoms. The van der Waals surface area contributed by atoms with Gasteiger partial charge in [-0.15, -0.1) is 11.8 Å². The number of hydrogen-bond donors (Lipinski definition) is 3. The molecule has 5 aromatic carbocycles. The molecule has 0 saturated carbocycles. The van der Waals surface area contributed by atoms with Crippen molar-refractivity contribution in [2.75, 3.05) is 75.0 Å². The number of sulfonamides is 1. The number of anilines is 2. The summed E-state index contributed by atoms with van der Waals surface area (Å²) in [6.07, 6.45) is 1.06. The van der Waals surface area contributed by atoms with Crippen molar-refractivity contribution in [1.82, 2.24) is 14.5 Å². The molecule has 2 saturated heterocycles. The lowest BCUT2D eigenvalue weighted by Gasteiger charge is -2.39. The predicted molar refractivity (Wildman–Crippen MR) is 271 cm³/mol. The van der Waals surface area contributed by atoms with Crippen LogP contribution in [0.2, 0.25) is 5.02 Å². The molecule has 12 nitrogen and oxygen atoms in total. The van der Waals surface area contributed by atoms with Crippen molar-refractivity contribution in [3.05, 3.63) is 137 Å². The van der Waals surface area contributed by atoms with Gasteiger partial charge in [0.15, 0.2) is 0 Å². The number of aliphatic hydroxyl groups is 1. The second kappa shape index (κ2) is 23.7. The van der Waals surface area contributed by atoms with Crippen molar-refractivity contribution in [2.45, 2.75) is 71.5 Å². The number of rotatable bonds is 20. The van der Waals surface area contributed by atoms with Crippen molar-refractivity contribution < 1.29 is 44.6 Å². The van der Waals surface area contributed by atoms with Crippen LogP contribution in [-0.4, -0.2) is 120 Å². The van der Waals surface area contributed by atoms with Crippen LogP contribution in [0.5, 0.6) is 0 Å². The van der Waals surface area contributed by atoms with E-state index in [-0.39, 0.29) is 17.5 Å². The Bertz CT molecular complexity index is 2750. The average molecular weight is 1040 g/mol. The Morgan fingerprint density at radius 3 is 2.23 bits per heavy atom. The summed E-state index contributed by atoms with van der Waals surface area (Å²) >= 11 is 7.56. The molecule has 2 aliphatic heterocycles. The van der Waals surface area contributed by atoms with E-state index in [0.29, 0.717) is 75.5 Å². The number of likely N-dealkylation sites (N-methyl/N-ethyl adjacent to an activating group) is 1. The first-order valence-electron chi connectivity index (χ1n) is 23.4. The van der Waals surface area contributed by atoms with Crippen molar-refractivity contribution in [3.8, 4) is 11.1 Å². The second-order valence-electron chi connectivity index (χ2n) is 17.5. The smallest absolute Gasteiger partial charge is 0.388 e. The molecule has 7 rings (SSSR count). The third-order valence-electron chi connectivity index (χ3n) is 13.0. The fourth-order valence-electron chi connectivity index (χ4n) is 8.96. The molecule has 0 aliphatic carbocycles. The zero-order valence-corrected chi connectivity index (χ0v) is 42.2. The van der Waals surface area contributed by atoms with Gasteiger partial charge in [0.1, 0.15) is 4.90 Å². The van der Waals surface area contributed by atoms with Crippen LogP contribution in [0.4, 0.5) is 24.5 Å². The lowest BCUT2D eigenvalue weighted by atomic mass is 9.84. The van der Waals surface area contributed by atoms with Gasteiger partial charge in [-0.25, -0.2) is 21.6 Å². The quantitative estimate of drug-likeness (QED) is 0.0638. The summed E-state index contributed by atoms with van der Waals surface area (Å²) in [6, 6.07) is 32.8. The number of nitrogens with zero attached hydrogens (tertiary/aromatic N) is 3. The van der Waals surface area contributed by atoms with Gasteiger partial charge in [-0.1, -0.05) is 80.0 Å². The van der Waals surface area contributed by atoms with Gasteiger partial charge in [0, 0.05) is 71.7 Å². The van der Waals surface area contributed by atoms with E-state index in [4.69, 9.17) is 16.3 Å². The summed E-state index contributed by atoms with van der Waals surface area (Å²) in [5, 5.41) is 15.2. The maximum atomic E-state index is 14.4. The molecular formula is C51H59ClF3N5O7S3. The number of carbonyl (C=O) groups is 1. The van der Waals surface area contributed by atoms with Gasteiger partial charge < -0.3 is 25.0 Å². The van der Waals surface area contributed by atoms with Gasteiger partial charge in [0.2, 0.25) is 0 Å². The summed E-state index contributed by atoms with van der Waals surface area (Å²) in [5.41, 5.74) is -2.75. The first-order valence-corrected chi connectivity index (χ1v) is 27.7. The fourth-order valence-corrected chi connectivity index (χ4v) is 12.1. The highest BCUT2D eigenvalue weighted by atomic mass is 35.5. The maximum absolute atomic E-state index is 14.4. The van der Waals surface area contributed by atoms with E-state index in [1.807, 2.05) is 83.6 Å². The van der Waals surface area contributed by atoms with Crippen LogP contribution < -0.4 is 14.9 Å². The van der Waals surface area contributed by atoms with Crippen LogP contribution in [-0.2, 0) is 24.6 Å². The lowest BCUT2D eigenvalue weighted by molar-refractivity contribution is -0.0435. The van der Waals surface area contributed by atoms with Crippen LogP contribution in [0.3, 0.4) is 0 Å². The number of thioether (sulfide) groups is 1. The largest absolute Gasteiger partial charge is 0.501 e. The number of benzene rings is 5. The van der Waals surface area contributed by atoms with Gasteiger partial charge in [-0.3, -0.25) is 9.69 Å². The van der Waals surface area contributed by atoms with Crippen LogP contribution in [0.25, 0.3) is 11.1 Å². The molecule has 1 amide bonds. The number of carbonyl (C=O) groups excluding carboxylic acids is 1. The number of nitrogens with one attached hydrogen (secondary N) is 2. The van der Waals surface area contributed by atoms with Crippen LogP contribution in [0.15, 0.2) is 136 Å². The van der Waals surface area contributed by atoms with E-state index in [2.05, 4.69) is 33.9 Å². The fraction of sp³-hybridized carbons (Fsp3) is 0.392. The zero-order chi connectivity index (χ0) is 50.1. The molecule has 2 aliphatic rings. The molecule has 70 heavy (non-hydrogen) atoms. The highest BCUT2D eigenvalue weighted by Gasteiger charge is 2.48. The predicted octanol–water partition coefficient (Wildman–Crippen LogP) is 9.37. The van der Waals surface area contributed by atoms with Crippen LogP contribution in [0, 0.1) is 5.92 Å². The minimum Gasteiger partial charge on any atom is -0.388 e. The first kappa shape index (κ1) is 53.1. The molecule has 5 aromatic rings. The Kier molecular flexibility index (Phi) is 18.0. The van der Waals surface area contributed by atoms with Gasteiger partial charge in [-0.2, -0.15) is 13.2 Å². The number of amides is 1. The van der Waals surface area contributed by atoms with Gasteiger partial charge in [-0.05, 0) is 122 Å². The minimum absolute atomic E-state index is 0.0207. The third-order valence-corrected chi connectivity index (χ3v) is 17.3. The van der Waals surface area contributed by atoms with Crippen LogP contribution >= 0.6 is 23.4 Å². The van der Waals surface area contributed by atoms with E-state index in [9.17, 15) is 39.9 Å². The van der Waals surface area contributed by atoms with E-state index in [1.54, 1.807) is 12.1 Å². The Morgan fingerprint density at radius 2 is 1.56 bits per heavy atom. The molecular weight excluding hydrogens is 983 g/mol. The average Bonchev–Trinajstić information content (AvgIpc) is 3.36. The Morgan fingerprint density at radius 1 is 0.886 bits per heavy atom. The number of aliphatic hydroxyl groups excluding tert-OH is 1. The number of alkyl halides is 3. The normalized spacial score (nSPS) is 17.3. The van der Waals surface area contributed by atoms with Gasteiger partial charge >= 0.3 is 5.51 Å². The number of hydrogen-bond acceptors (Lipinski definition) is 12. The summed E-state index contributed by atoms with van der Waals surface area (Å²) in [5.74, 6) is -0.735. The molecule has 0 radical (unpaired) electrons. The molecule has 2 fully saturated rings. The topological polar surface area (TPSA) is 149 Å². The van der Waals surface area contributed by atoms with Crippen molar-refractivity contribution in [3.63, 3.8) is 0 Å². The molecule has 19 heteroatoms. The number of piperidine rings is 1. The molecule has 3 N–H and O–H groups in total. The number of sulfone groups is 1. The summed E-state index contributed by atoms with van der Waals surface area (Å²) < 4.78 is 105. The number of morpholine rings is 1. The monoisotopic (exact) mass is 1040 g/mol. The second-order valence-corrected chi connectivity index (χ2v) is 22.6. The van der Waals surface area contributed by atoms with Crippen molar-refractivity contribution >= 4 is 60.5 Å². The molecule has 376 valence electrons. The molecule has 3 atom stereocenters. The van der Waals surface area contributed by atoms with Crippen LogP contribution in [0.1, 0.15) is 55.1 Å². The first-order chi connectivity index (χ1) is 33.5. The zero-order valence-electron chi connectivity index (χ0n) is 39.0. The Labute approximate surface area is 418 Å². The summed E-state index contributed by atoms with van der Waals surface area (Å²) in [7, 11) is -11.0. The summed E-state index contributed by atoms with van der Waals surface area (Å²) in [4.78, 5) is 18.9. The van der Waals surface area contributed by atoms with E-state index < -0.39 is 58.9 Å². The molecule has 2 heterocycles. The molecule has 2 unspecified atom stereocenters. The minimum atomic E-state index is -6.10. The van der Waals surface area contributed by atoms with Gasteiger partial charge in [0.05, 0.1) is 29.9 Å². The number of ether oxygens (including phenoxy) is 1. The lowest BCUT2D eigenvalue weighted by Crippen LogP contribution is -2.52. The Balaban J connectivity index is 1.04. The highest BCUT2D eigenvalue weighted by molar-refractivity contribution is 7.99.